The van der Waals surface area contributed by atoms with Gasteiger partial charge < -0.3 is 10.3 Å². The van der Waals surface area contributed by atoms with Crippen molar-refractivity contribution < 1.29 is 0 Å². The van der Waals surface area contributed by atoms with Crippen LogP contribution in [0.15, 0.2) is 71.7 Å². The molecular formula is C23H22ClN5O. The summed E-state index contributed by atoms with van der Waals surface area (Å²) in [7, 11) is 0. The molecule has 0 saturated carbocycles. The first kappa shape index (κ1) is 20.1. The Kier molecular flexibility index (Phi) is 6.07. The number of aromatic nitrogens is 4. The predicted molar refractivity (Wildman–Crippen MR) is 118 cm³/mol. The summed E-state index contributed by atoms with van der Waals surface area (Å²) in [6, 6.07) is 19.3. The molecule has 0 amide bonds. The van der Waals surface area contributed by atoms with Crippen molar-refractivity contribution in [3.05, 3.63) is 105 Å². The molecular weight excluding hydrogens is 398 g/mol. The molecule has 0 bridgehead atoms. The second-order valence-electron chi connectivity index (χ2n) is 7.15. The second-order valence-corrected chi connectivity index (χ2v) is 7.58. The lowest BCUT2D eigenvalue weighted by molar-refractivity contribution is 0.524. The van der Waals surface area contributed by atoms with E-state index in [9.17, 15) is 4.79 Å². The maximum Gasteiger partial charge on any atom is 0.251 e. The van der Waals surface area contributed by atoms with Crippen LogP contribution in [0.25, 0.3) is 11.3 Å². The minimum atomic E-state index is -0.145. The molecule has 6 nitrogen and oxygen atoms in total. The Bertz CT molecular complexity index is 1170. The third-order valence-electron chi connectivity index (χ3n) is 4.92. The molecule has 0 spiro atoms. The Balaban J connectivity index is 1.59. The molecule has 3 N–H and O–H groups in total. The van der Waals surface area contributed by atoms with Crippen LogP contribution < -0.4 is 10.9 Å². The minimum absolute atomic E-state index is 0.0468. The van der Waals surface area contributed by atoms with Gasteiger partial charge in [0.1, 0.15) is 5.82 Å². The summed E-state index contributed by atoms with van der Waals surface area (Å²) < 4.78 is 0. The molecule has 0 aliphatic rings. The monoisotopic (exact) mass is 419 g/mol. The van der Waals surface area contributed by atoms with Crippen molar-refractivity contribution >= 4 is 11.6 Å². The van der Waals surface area contributed by atoms with Gasteiger partial charge in [-0.3, -0.25) is 9.89 Å². The minimum Gasteiger partial charge on any atom is -0.311 e. The van der Waals surface area contributed by atoms with Gasteiger partial charge in [-0.1, -0.05) is 54.1 Å². The van der Waals surface area contributed by atoms with E-state index in [1.165, 1.54) is 0 Å². The number of rotatable bonds is 7. The van der Waals surface area contributed by atoms with Crippen molar-refractivity contribution in [2.24, 2.45) is 0 Å². The number of hydrogen-bond acceptors (Lipinski definition) is 4. The fourth-order valence-corrected chi connectivity index (χ4v) is 3.62. The maximum absolute atomic E-state index is 11.9. The third kappa shape index (κ3) is 4.84. The average Bonchev–Trinajstić information content (AvgIpc) is 3.20. The van der Waals surface area contributed by atoms with Crippen LogP contribution in [0, 0.1) is 6.92 Å². The highest BCUT2D eigenvalue weighted by Crippen LogP contribution is 2.24. The number of hydrogen-bond donors (Lipinski definition) is 3. The van der Waals surface area contributed by atoms with Crippen molar-refractivity contribution in [3.8, 4) is 11.3 Å². The lowest BCUT2D eigenvalue weighted by Crippen LogP contribution is -2.24. The summed E-state index contributed by atoms with van der Waals surface area (Å²) in [5.41, 5.74) is 4.80. The summed E-state index contributed by atoms with van der Waals surface area (Å²) in [5, 5.41) is 11.6. The molecule has 0 radical (unpaired) electrons. The molecule has 152 valence electrons. The Morgan fingerprint density at radius 3 is 2.60 bits per heavy atom. The average molecular weight is 420 g/mol. The maximum atomic E-state index is 11.9. The van der Waals surface area contributed by atoms with Gasteiger partial charge in [0.2, 0.25) is 0 Å². The summed E-state index contributed by atoms with van der Waals surface area (Å²) in [5.74, 6) is 0.605. The van der Waals surface area contributed by atoms with E-state index in [1.54, 1.807) is 13.0 Å². The lowest BCUT2D eigenvalue weighted by Gasteiger charge is -2.19. The highest BCUT2D eigenvalue weighted by molar-refractivity contribution is 6.30. The molecule has 4 aromatic rings. The van der Waals surface area contributed by atoms with Crippen molar-refractivity contribution in [1.29, 1.82) is 0 Å². The van der Waals surface area contributed by atoms with Crippen LogP contribution in [-0.2, 0) is 13.0 Å². The SMILES string of the molecule is Cc1nc(CC(NCc2cn[nH]c2-c2ccccc2)c2ccc(Cl)cc2)cc(=O)[nH]1. The summed E-state index contributed by atoms with van der Waals surface area (Å²) in [6.07, 6.45) is 2.41. The quantitative estimate of drug-likeness (QED) is 0.419. The summed E-state index contributed by atoms with van der Waals surface area (Å²) >= 11 is 6.07. The molecule has 4 rings (SSSR count). The van der Waals surface area contributed by atoms with E-state index in [-0.39, 0.29) is 11.6 Å². The van der Waals surface area contributed by atoms with E-state index in [2.05, 4.69) is 37.6 Å². The fraction of sp³-hybridized carbons (Fsp3) is 0.174. The third-order valence-corrected chi connectivity index (χ3v) is 5.17. The van der Waals surface area contributed by atoms with Crippen LogP contribution in [0.5, 0.6) is 0 Å². The van der Waals surface area contributed by atoms with Crippen LogP contribution in [0.4, 0.5) is 0 Å². The molecule has 0 aliphatic carbocycles. The van der Waals surface area contributed by atoms with E-state index in [0.29, 0.717) is 23.8 Å². The van der Waals surface area contributed by atoms with Crippen LogP contribution in [0.2, 0.25) is 5.02 Å². The van der Waals surface area contributed by atoms with Crippen LogP contribution >= 0.6 is 11.6 Å². The van der Waals surface area contributed by atoms with Gasteiger partial charge in [0, 0.05) is 41.4 Å². The molecule has 0 fully saturated rings. The Hall–Kier alpha value is -3.22. The van der Waals surface area contributed by atoms with Crippen LogP contribution in [0.3, 0.4) is 0 Å². The van der Waals surface area contributed by atoms with Crippen LogP contribution in [0.1, 0.15) is 28.7 Å². The van der Waals surface area contributed by atoms with E-state index >= 15 is 0 Å². The molecule has 2 heterocycles. The summed E-state index contributed by atoms with van der Waals surface area (Å²) in [4.78, 5) is 19.1. The molecule has 0 aliphatic heterocycles. The zero-order chi connectivity index (χ0) is 20.9. The molecule has 2 aromatic carbocycles. The van der Waals surface area contributed by atoms with Gasteiger partial charge in [-0.05, 0) is 30.2 Å². The van der Waals surface area contributed by atoms with E-state index < -0.39 is 0 Å². The topological polar surface area (TPSA) is 86.5 Å². The number of aryl methyl sites for hydroxylation is 1. The second kappa shape index (κ2) is 9.07. The molecule has 1 unspecified atom stereocenters. The number of benzene rings is 2. The first-order chi connectivity index (χ1) is 14.6. The Morgan fingerprint density at radius 1 is 1.10 bits per heavy atom. The first-order valence-electron chi connectivity index (χ1n) is 9.72. The normalized spacial score (nSPS) is 12.1. The van der Waals surface area contributed by atoms with Gasteiger partial charge in [-0.15, -0.1) is 0 Å². The van der Waals surface area contributed by atoms with Gasteiger partial charge in [0.05, 0.1) is 11.9 Å². The van der Waals surface area contributed by atoms with Crippen molar-refractivity contribution in [2.75, 3.05) is 0 Å². The highest BCUT2D eigenvalue weighted by atomic mass is 35.5. The van der Waals surface area contributed by atoms with Gasteiger partial charge >= 0.3 is 0 Å². The first-order valence-corrected chi connectivity index (χ1v) is 10.1. The number of nitrogens with zero attached hydrogens (tertiary/aromatic N) is 2. The Morgan fingerprint density at radius 2 is 1.87 bits per heavy atom. The van der Waals surface area contributed by atoms with Crippen molar-refractivity contribution in [2.45, 2.75) is 25.9 Å². The van der Waals surface area contributed by atoms with Crippen LogP contribution in [-0.4, -0.2) is 20.2 Å². The fourth-order valence-electron chi connectivity index (χ4n) is 3.49. The molecule has 0 saturated heterocycles. The lowest BCUT2D eigenvalue weighted by atomic mass is 10.0. The molecule has 1 atom stereocenters. The zero-order valence-corrected chi connectivity index (χ0v) is 17.3. The number of H-pyrrole nitrogens is 2. The van der Waals surface area contributed by atoms with Gasteiger partial charge in [0.25, 0.3) is 5.56 Å². The predicted octanol–water partition coefficient (Wildman–Crippen LogP) is 4.20. The standard InChI is InChI=1S/C23H22ClN5O/c1-15-27-20(12-22(30)28-15)11-21(16-7-9-19(24)10-8-16)25-13-18-14-26-29-23(18)17-5-3-2-4-6-17/h2-10,12,14,21,25H,11,13H2,1H3,(H,26,29)(H,27,28,30). The summed E-state index contributed by atoms with van der Waals surface area (Å²) in [6.45, 7) is 2.39. The van der Waals surface area contributed by atoms with Crippen molar-refractivity contribution in [3.63, 3.8) is 0 Å². The Labute approximate surface area is 179 Å². The number of aromatic amines is 2. The number of nitrogens with one attached hydrogen (secondary N) is 3. The van der Waals surface area contributed by atoms with Crippen molar-refractivity contribution in [1.82, 2.24) is 25.5 Å². The van der Waals surface area contributed by atoms with E-state index in [4.69, 9.17) is 11.6 Å². The van der Waals surface area contributed by atoms with E-state index in [1.807, 2.05) is 48.7 Å². The van der Waals surface area contributed by atoms with E-state index in [0.717, 1.165) is 28.1 Å². The molecule has 2 aromatic heterocycles. The highest BCUT2D eigenvalue weighted by Gasteiger charge is 2.16. The largest absolute Gasteiger partial charge is 0.311 e. The van der Waals surface area contributed by atoms with Gasteiger partial charge in [-0.2, -0.15) is 5.10 Å². The smallest absolute Gasteiger partial charge is 0.251 e. The molecule has 30 heavy (non-hydrogen) atoms. The van der Waals surface area contributed by atoms with Gasteiger partial charge in [-0.25, -0.2) is 4.98 Å². The number of halogens is 1. The van der Waals surface area contributed by atoms with Gasteiger partial charge in [0.15, 0.2) is 0 Å². The zero-order valence-electron chi connectivity index (χ0n) is 16.5. The molecule has 7 heteroatoms.